The van der Waals surface area contributed by atoms with Crippen molar-refractivity contribution in [2.45, 2.75) is 78.0 Å². The lowest BCUT2D eigenvalue weighted by atomic mass is 9.90. The second kappa shape index (κ2) is 8.62. The highest BCUT2D eigenvalue weighted by molar-refractivity contribution is 7.80. The van der Waals surface area contributed by atoms with Crippen molar-refractivity contribution in [3.05, 3.63) is 47.4 Å². The highest BCUT2D eigenvalue weighted by atomic mass is 32.1. The number of benzene rings is 1. The Labute approximate surface area is 185 Å². The lowest BCUT2D eigenvalue weighted by Crippen LogP contribution is -2.12. The van der Waals surface area contributed by atoms with Gasteiger partial charge in [0, 0.05) is 5.69 Å². The molecular weight excluding hydrogens is 390 g/mol. The number of imidazole rings is 1. The largest absolute Gasteiger partial charge is 0.437 e. The van der Waals surface area contributed by atoms with E-state index in [0.29, 0.717) is 11.3 Å². The molecule has 0 aliphatic heterocycles. The molecule has 1 aliphatic carbocycles. The van der Waals surface area contributed by atoms with Crippen LogP contribution in [0.5, 0.6) is 11.6 Å². The number of ether oxygens (including phenoxy) is 1. The Morgan fingerprint density at radius 3 is 2.57 bits per heavy atom. The fraction of sp³-hybridized carbons (Fsp3) is 0.520. The number of thiol groups is 1. The number of nitrogens with zero attached hydrogens (tertiary/aromatic N) is 3. The molecule has 2 aromatic heterocycles. The summed E-state index contributed by atoms with van der Waals surface area (Å²) < 4.78 is 8.54. The van der Waals surface area contributed by atoms with Crippen molar-refractivity contribution in [1.82, 2.24) is 14.5 Å². The number of fused-ring (bicyclic) bond motifs is 3. The van der Waals surface area contributed by atoms with Crippen molar-refractivity contribution < 1.29 is 4.74 Å². The van der Waals surface area contributed by atoms with Crippen LogP contribution in [-0.4, -0.2) is 14.5 Å². The zero-order valence-corrected chi connectivity index (χ0v) is 19.5. The third kappa shape index (κ3) is 4.51. The Morgan fingerprint density at radius 2 is 1.83 bits per heavy atom. The summed E-state index contributed by atoms with van der Waals surface area (Å²) in [6.45, 7) is 8.98. The molecule has 0 saturated carbocycles. The second-order valence-electron chi connectivity index (χ2n) is 9.62. The summed E-state index contributed by atoms with van der Waals surface area (Å²) in [5, 5.41) is 0.107. The average Bonchev–Trinajstić information content (AvgIpc) is 3.05. The zero-order valence-electron chi connectivity index (χ0n) is 18.6. The number of aromatic nitrogens is 3. The van der Waals surface area contributed by atoms with Gasteiger partial charge in [0.15, 0.2) is 5.52 Å². The second-order valence-corrected chi connectivity index (χ2v) is 10.2. The van der Waals surface area contributed by atoms with Crippen LogP contribution in [0, 0.1) is 12.3 Å². The molecule has 0 N–H and O–H groups in total. The van der Waals surface area contributed by atoms with E-state index >= 15 is 0 Å². The highest BCUT2D eigenvalue weighted by Crippen LogP contribution is 2.38. The summed E-state index contributed by atoms with van der Waals surface area (Å²) in [6, 6.07) is 9.88. The molecule has 0 fully saturated rings. The highest BCUT2D eigenvalue weighted by Gasteiger charge is 2.26. The quantitative estimate of drug-likeness (QED) is 0.432. The number of aryl methyl sites for hydroxylation is 3. The zero-order chi connectivity index (χ0) is 21.3. The third-order valence-electron chi connectivity index (χ3n) is 5.90. The van der Waals surface area contributed by atoms with Crippen molar-refractivity contribution >= 4 is 23.7 Å². The number of rotatable bonds is 6. The SMILES string of the molecule is Cc1nc2c(Oc3ccccc3)nc3c(c2n1C(S)CCCC(C)(C)C)CCCC3. The summed E-state index contributed by atoms with van der Waals surface area (Å²) in [5.41, 5.74) is 4.90. The molecule has 160 valence electrons. The van der Waals surface area contributed by atoms with Gasteiger partial charge in [-0.15, -0.1) is 0 Å². The van der Waals surface area contributed by atoms with E-state index in [4.69, 9.17) is 27.3 Å². The molecular formula is C25H33N3OS. The Bertz CT molecular complexity index is 1020. The molecule has 30 heavy (non-hydrogen) atoms. The van der Waals surface area contributed by atoms with Crippen LogP contribution >= 0.6 is 12.6 Å². The minimum Gasteiger partial charge on any atom is -0.437 e. The molecule has 4 nitrogen and oxygen atoms in total. The molecule has 5 heteroatoms. The van der Waals surface area contributed by atoms with E-state index in [0.717, 1.165) is 48.5 Å². The third-order valence-corrected chi connectivity index (χ3v) is 6.39. The van der Waals surface area contributed by atoms with Crippen LogP contribution in [0.25, 0.3) is 11.0 Å². The number of hydrogen-bond donors (Lipinski definition) is 1. The van der Waals surface area contributed by atoms with Crippen molar-refractivity contribution in [2.75, 3.05) is 0 Å². The number of pyridine rings is 1. The molecule has 3 aromatic rings. The van der Waals surface area contributed by atoms with Crippen molar-refractivity contribution in [1.29, 1.82) is 0 Å². The average molecular weight is 424 g/mol. The molecule has 0 radical (unpaired) electrons. The Balaban J connectivity index is 1.76. The van der Waals surface area contributed by atoms with Gasteiger partial charge >= 0.3 is 0 Å². The van der Waals surface area contributed by atoms with Crippen molar-refractivity contribution in [2.24, 2.45) is 5.41 Å². The Hall–Kier alpha value is -2.01. The Kier molecular flexibility index (Phi) is 6.10. The van der Waals surface area contributed by atoms with Crippen LogP contribution < -0.4 is 4.74 Å². The number of para-hydroxylation sites is 1. The summed E-state index contributed by atoms with van der Waals surface area (Å²) in [5.74, 6) is 2.40. The molecule has 1 aromatic carbocycles. The van der Waals surface area contributed by atoms with Gasteiger partial charge in [-0.25, -0.2) is 9.97 Å². The predicted molar refractivity (Wildman–Crippen MR) is 127 cm³/mol. The maximum absolute atomic E-state index is 6.22. The standard InChI is InChI=1S/C25H33N3OS/c1-17-26-22-23(28(17)21(30)15-10-16-25(2,3)4)19-13-8-9-14-20(19)27-24(22)29-18-11-6-5-7-12-18/h5-7,11-12,21,30H,8-10,13-16H2,1-4H3. The fourth-order valence-electron chi connectivity index (χ4n) is 4.41. The van der Waals surface area contributed by atoms with E-state index in [1.807, 2.05) is 30.3 Å². The summed E-state index contributed by atoms with van der Waals surface area (Å²) in [6.07, 6.45) is 7.81. The predicted octanol–water partition coefficient (Wildman–Crippen LogP) is 7.06. The van der Waals surface area contributed by atoms with Crippen LogP contribution in [-0.2, 0) is 12.8 Å². The van der Waals surface area contributed by atoms with Gasteiger partial charge in [-0.1, -0.05) is 45.4 Å². The van der Waals surface area contributed by atoms with Gasteiger partial charge in [-0.05, 0) is 68.6 Å². The summed E-state index contributed by atoms with van der Waals surface area (Å²) in [7, 11) is 0. The topological polar surface area (TPSA) is 39.9 Å². The molecule has 0 amide bonds. The van der Waals surface area contributed by atoms with Gasteiger partial charge in [0.25, 0.3) is 0 Å². The van der Waals surface area contributed by atoms with E-state index in [2.05, 4.69) is 32.3 Å². The van der Waals surface area contributed by atoms with E-state index in [1.54, 1.807) is 0 Å². The molecule has 0 spiro atoms. The number of hydrogen-bond acceptors (Lipinski definition) is 4. The maximum atomic E-state index is 6.22. The van der Waals surface area contributed by atoms with Crippen LogP contribution in [0.3, 0.4) is 0 Å². The van der Waals surface area contributed by atoms with Crippen LogP contribution in [0.15, 0.2) is 30.3 Å². The lowest BCUT2D eigenvalue weighted by Gasteiger charge is -2.23. The van der Waals surface area contributed by atoms with E-state index in [9.17, 15) is 0 Å². The molecule has 0 saturated heterocycles. The van der Waals surface area contributed by atoms with Crippen LogP contribution in [0.1, 0.15) is 75.3 Å². The van der Waals surface area contributed by atoms with Crippen molar-refractivity contribution in [3.63, 3.8) is 0 Å². The summed E-state index contributed by atoms with van der Waals surface area (Å²) >= 11 is 5.02. The minimum absolute atomic E-state index is 0.107. The van der Waals surface area contributed by atoms with Gasteiger partial charge in [-0.3, -0.25) is 0 Å². The lowest BCUT2D eigenvalue weighted by molar-refractivity contribution is 0.354. The molecule has 1 atom stereocenters. The first-order chi connectivity index (χ1) is 14.3. The Morgan fingerprint density at radius 1 is 1.10 bits per heavy atom. The van der Waals surface area contributed by atoms with Gasteiger partial charge < -0.3 is 9.30 Å². The molecule has 1 unspecified atom stereocenters. The minimum atomic E-state index is 0.107. The van der Waals surface area contributed by atoms with Crippen LogP contribution in [0.4, 0.5) is 0 Å². The van der Waals surface area contributed by atoms with E-state index in [1.165, 1.54) is 30.3 Å². The monoisotopic (exact) mass is 423 g/mol. The van der Waals surface area contributed by atoms with Gasteiger partial charge in [0.1, 0.15) is 11.6 Å². The molecule has 0 bridgehead atoms. The smallest absolute Gasteiger partial charge is 0.247 e. The molecule has 2 heterocycles. The molecule has 4 rings (SSSR count). The first-order valence-electron chi connectivity index (χ1n) is 11.1. The van der Waals surface area contributed by atoms with Gasteiger partial charge in [0.2, 0.25) is 5.88 Å². The maximum Gasteiger partial charge on any atom is 0.247 e. The first-order valence-corrected chi connectivity index (χ1v) is 11.7. The summed E-state index contributed by atoms with van der Waals surface area (Å²) in [4.78, 5) is 9.84. The van der Waals surface area contributed by atoms with Gasteiger partial charge in [-0.2, -0.15) is 12.6 Å². The normalized spacial score (nSPS) is 15.2. The van der Waals surface area contributed by atoms with E-state index < -0.39 is 0 Å². The first kappa shape index (κ1) is 21.2. The fourth-order valence-corrected chi connectivity index (χ4v) is 4.87. The molecule has 1 aliphatic rings. The van der Waals surface area contributed by atoms with E-state index in [-0.39, 0.29) is 5.37 Å². The van der Waals surface area contributed by atoms with Gasteiger partial charge in [0.05, 0.1) is 10.9 Å². The van der Waals surface area contributed by atoms with Crippen LogP contribution in [0.2, 0.25) is 0 Å². The van der Waals surface area contributed by atoms with Crippen molar-refractivity contribution in [3.8, 4) is 11.6 Å².